The van der Waals surface area contributed by atoms with Gasteiger partial charge in [0.1, 0.15) is 34.6 Å². The Labute approximate surface area is 303 Å². The molecule has 1 spiro atoms. The predicted molar refractivity (Wildman–Crippen MR) is 197 cm³/mol. The van der Waals surface area contributed by atoms with Crippen LogP contribution in [0.4, 0.5) is 0 Å². The van der Waals surface area contributed by atoms with Crippen molar-refractivity contribution in [1.82, 2.24) is 29.3 Å². The first kappa shape index (κ1) is 35.5. The molecule has 0 amide bonds. The van der Waals surface area contributed by atoms with E-state index in [2.05, 4.69) is 29.2 Å². The van der Waals surface area contributed by atoms with Crippen LogP contribution in [0.3, 0.4) is 0 Å². The molecule has 1 saturated carbocycles. The van der Waals surface area contributed by atoms with Crippen molar-refractivity contribution < 1.29 is 28.5 Å². The molecule has 5 aromatic rings. The van der Waals surface area contributed by atoms with Gasteiger partial charge in [0.15, 0.2) is 5.79 Å². The smallest absolute Gasteiger partial charge is 0.308 e. The molecule has 1 aliphatic carbocycles. The summed E-state index contributed by atoms with van der Waals surface area (Å²) in [5.74, 6) is 1.11. The summed E-state index contributed by atoms with van der Waals surface area (Å²) in [5, 5.41) is 5.10. The average molecular weight is 733 g/mol. The van der Waals surface area contributed by atoms with E-state index < -0.39 is 19.4 Å². The highest BCUT2D eigenvalue weighted by Crippen LogP contribution is 2.46. The standard InChI is InChI=1S/C37H45ClN6O6Si/c1-6-47-33(45)20-36(11-13-37(14-12-36)48-15-16-49-37)44-23-26(21-40-44)30-22-39-29-9-10-32(34(38)35(29)42-30)50-27-7-8-28-31(19-27)43(25(2)41-28)24-46-17-18-51(3,4)5/h7-10,19,21-23H,6,11-18,20,24H2,1-5H3. The van der Waals surface area contributed by atoms with Crippen LogP contribution >= 0.6 is 11.6 Å². The molecule has 2 aromatic carbocycles. The highest BCUT2D eigenvalue weighted by molar-refractivity contribution is 6.76. The summed E-state index contributed by atoms with van der Waals surface area (Å²) in [5.41, 5.74) is 3.71. The van der Waals surface area contributed by atoms with Gasteiger partial charge in [-0.1, -0.05) is 31.2 Å². The summed E-state index contributed by atoms with van der Waals surface area (Å²) in [6.07, 6.45) is 8.21. The molecule has 4 heterocycles. The minimum Gasteiger partial charge on any atom is -0.466 e. The maximum Gasteiger partial charge on any atom is 0.308 e. The van der Waals surface area contributed by atoms with Crippen molar-refractivity contribution >= 4 is 47.7 Å². The van der Waals surface area contributed by atoms with Gasteiger partial charge in [0.2, 0.25) is 0 Å². The van der Waals surface area contributed by atoms with Crippen molar-refractivity contribution in [2.24, 2.45) is 0 Å². The van der Waals surface area contributed by atoms with Gasteiger partial charge in [-0.05, 0) is 57.0 Å². The molecule has 0 atom stereocenters. The van der Waals surface area contributed by atoms with Crippen LogP contribution in [0.2, 0.25) is 30.7 Å². The number of hydrogen-bond acceptors (Lipinski definition) is 10. The first-order chi connectivity index (χ1) is 24.5. The Hall–Kier alpha value is -3.88. The quantitative estimate of drug-likeness (QED) is 0.0711. The fourth-order valence-electron chi connectivity index (χ4n) is 6.92. The van der Waals surface area contributed by atoms with Gasteiger partial charge in [-0.3, -0.25) is 14.5 Å². The topological polar surface area (TPSA) is 125 Å². The van der Waals surface area contributed by atoms with E-state index in [1.807, 2.05) is 49.0 Å². The van der Waals surface area contributed by atoms with Gasteiger partial charge in [0, 0.05) is 45.3 Å². The number of ether oxygens (including phenoxy) is 5. The molecule has 0 unspecified atom stereocenters. The molecule has 0 bridgehead atoms. The van der Waals surface area contributed by atoms with Gasteiger partial charge in [-0.15, -0.1) is 0 Å². The molecule has 0 N–H and O–H groups in total. The highest BCUT2D eigenvalue weighted by Gasteiger charge is 2.48. The second kappa shape index (κ2) is 14.3. The Morgan fingerprint density at radius 2 is 1.78 bits per heavy atom. The second-order valence-electron chi connectivity index (χ2n) is 14.7. The van der Waals surface area contributed by atoms with E-state index in [9.17, 15) is 4.79 Å². The third-order valence-corrected chi connectivity index (χ3v) is 11.9. The van der Waals surface area contributed by atoms with Gasteiger partial charge in [-0.25, -0.2) is 9.97 Å². The number of fused-ring (bicyclic) bond motifs is 2. The number of esters is 1. The van der Waals surface area contributed by atoms with Gasteiger partial charge < -0.3 is 28.3 Å². The van der Waals surface area contributed by atoms with Crippen LogP contribution in [0.1, 0.15) is 44.9 Å². The van der Waals surface area contributed by atoms with Crippen molar-refractivity contribution in [3.8, 4) is 22.8 Å². The Balaban J connectivity index is 1.13. The zero-order valence-electron chi connectivity index (χ0n) is 29.9. The molecule has 270 valence electrons. The maximum atomic E-state index is 12.8. The van der Waals surface area contributed by atoms with E-state index >= 15 is 0 Å². The summed E-state index contributed by atoms with van der Waals surface area (Å²) in [6.45, 7) is 13.5. The Morgan fingerprint density at radius 3 is 2.53 bits per heavy atom. The summed E-state index contributed by atoms with van der Waals surface area (Å²) in [4.78, 5) is 27.1. The van der Waals surface area contributed by atoms with Gasteiger partial charge in [-0.2, -0.15) is 5.10 Å². The summed E-state index contributed by atoms with van der Waals surface area (Å²) >= 11 is 6.96. The third kappa shape index (κ3) is 7.54. The number of carbonyl (C=O) groups excluding carboxylic acids is 1. The zero-order valence-corrected chi connectivity index (χ0v) is 31.7. The normalized spacial score (nSPS) is 17.1. The highest BCUT2D eigenvalue weighted by atomic mass is 35.5. The van der Waals surface area contributed by atoms with Crippen LogP contribution in [-0.4, -0.2) is 75.6 Å². The molecule has 2 aliphatic rings. The van der Waals surface area contributed by atoms with Crippen LogP contribution in [-0.2, 0) is 36.0 Å². The zero-order chi connectivity index (χ0) is 35.8. The summed E-state index contributed by atoms with van der Waals surface area (Å²) < 4.78 is 33.6. The van der Waals surface area contributed by atoms with Crippen LogP contribution in [0.25, 0.3) is 33.3 Å². The fourth-order valence-corrected chi connectivity index (χ4v) is 7.92. The minimum atomic E-state index is -1.19. The van der Waals surface area contributed by atoms with Gasteiger partial charge in [0.05, 0.1) is 66.4 Å². The van der Waals surface area contributed by atoms with E-state index in [1.54, 1.807) is 18.5 Å². The molecule has 1 saturated heterocycles. The second-order valence-corrected chi connectivity index (χ2v) is 20.7. The van der Waals surface area contributed by atoms with Gasteiger partial charge >= 0.3 is 5.97 Å². The number of aryl methyl sites for hydroxylation is 1. The number of rotatable bonds is 12. The molecule has 12 nitrogen and oxygen atoms in total. The molecule has 2 fully saturated rings. The maximum absolute atomic E-state index is 12.8. The van der Waals surface area contributed by atoms with E-state index in [1.165, 1.54) is 0 Å². The van der Waals surface area contributed by atoms with E-state index in [0.717, 1.165) is 35.1 Å². The van der Waals surface area contributed by atoms with Gasteiger partial charge in [0.25, 0.3) is 0 Å². The Kier molecular flexibility index (Phi) is 9.94. The molecular formula is C37H45ClN6O6Si. The van der Waals surface area contributed by atoms with Crippen molar-refractivity contribution in [2.75, 3.05) is 26.4 Å². The van der Waals surface area contributed by atoms with Crippen molar-refractivity contribution in [1.29, 1.82) is 0 Å². The molecule has 0 radical (unpaired) electrons. The molecule has 3 aromatic heterocycles. The first-order valence-electron chi connectivity index (χ1n) is 17.6. The molecule has 1 aliphatic heterocycles. The average Bonchev–Trinajstić information content (AvgIpc) is 3.85. The number of benzene rings is 2. The van der Waals surface area contributed by atoms with E-state index in [-0.39, 0.29) is 12.4 Å². The lowest BCUT2D eigenvalue weighted by molar-refractivity contribution is -0.193. The lowest BCUT2D eigenvalue weighted by Gasteiger charge is -2.43. The number of imidazole rings is 1. The first-order valence-corrected chi connectivity index (χ1v) is 21.7. The SMILES string of the molecule is CCOC(=O)CC1(n2cc(-c3cnc4ccc(Oc5ccc6nc(C)n(COCC[Si](C)(C)C)c6c5)c(Cl)c4n3)cn2)CCC2(CC1)OCCO2. The number of nitrogens with zero attached hydrogens (tertiary/aromatic N) is 6. The lowest BCUT2D eigenvalue weighted by Crippen LogP contribution is -2.46. The lowest BCUT2D eigenvalue weighted by atomic mass is 9.76. The van der Waals surface area contributed by atoms with Crippen LogP contribution in [0.5, 0.6) is 11.5 Å². The number of aromatic nitrogens is 6. The molecular weight excluding hydrogens is 688 g/mol. The van der Waals surface area contributed by atoms with Crippen LogP contribution in [0.15, 0.2) is 48.9 Å². The van der Waals surface area contributed by atoms with Crippen molar-refractivity contribution in [3.63, 3.8) is 0 Å². The summed E-state index contributed by atoms with van der Waals surface area (Å²) in [7, 11) is -1.19. The number of hydrogen-bond donors (Lipinski definition) is 0. The largest absolute Gasteiger partial charge is 0.466 e. The van der Waals surface area contributed by atoms with Crippen LogP contribution in [0, 0.1) is 6.92 Å². The third-order valence-electron chi connectivity index (χ3n) is 9.87. The fraction of sp³-hybridized carbons (Fsp3) is 0.486. The Morgan fingerprint density at radius 1 is 1.02 bits per heavy atom. The van der Waals surface area contributed by atoms with E-state index in [4.69, 9.17) is 50.4 Å². The molecule has 14 heteroatoms. The van der Waals surface area contributed by atoms with Crippen molar-refractivity contribution in [2.45, 2.75) is 89.7 Å². The minimum absolute atomic E-state index is 0.200. The van der Waals surface area contributed by atoms with E-state index in [0.29, 0.717) is 85.5 Å². The number of halogens is 1. The molecule has 7 rings (SSSR count). The summed E-state index contributed by atoms with van der Waals surface area (Å²) in [6, 6.07) is 10.5. The molecule has 51 heavy (non-hydrogen) atoms. The number of carbonyl (C=O) groups is 1. The monoisotopic (exact) mass is 732 g/mol. The van der Waals surface area contributed by atoms with Crippen LogP contribution < -0.4 is 4.74 Å². The predicted octanol–water partition coefficient (Wildman–Crippen LogP) is 7.88. The van der Waals surface area contributed by atoms with Crippen molar-refractivity contribution in [3.05, 3.63) is 59.8 Å². The Bertz CT molecular complexity index is 2040.